The number of aromatic nitrogens is 1. The van der Waals surface area contributed by atoms with Crippen molar-refractivity contribution in [3.05, 3.63) is 28.3 Å². The fourth-order valence-electron chi connectivity index (χ4n) is 1.85. The van der Waals surface area contributed by atoms with Crippen molar-refractivity contribution < 1.29 is 14.4 Å². The van der Waals surface area contributed by atoms with E-state index in [0.717, 1.165) is 0 Å². The van der Waals surface area contributed by atoms with E-state index in [-0.39, 0.29) is 11.7 Å². The Labute approximate surface area is 115 Å². The van der Waals surface area contributed by atoms with Crippen LogP contribution in [0.4, 0.5) is 11.7 Å². The zero-order chi connectivity index (χ0) is 14.8. The molecule has 1 heterocycles. The lowest BCUT2D eigenvalue weighted by Gasteiger charge is -2.24. The molecule has 1 aromatic carbocycles. The number of nitro groups is 1. The molecule has 2 rings (SSSR count). The summed E-state index contributed by atoms with van der Waals surface area (Å²) in [7, 11) is 0. The Morgan fingerprint density at radius 1 is 1.45 bits per heavy atom. The third-order valence-electron chi connectivity index (χ3n) is 3.47. The van der Waals surface area contributed by atoms with Gasteiger partial charge in [-0.05, 0) is 18.9 Å². The summed E-state index contributed by atoms with van der Waals surface area (Å²) in [6, 6.07) is 4.49. The average Bonchev–Trinajstić information content (AvgIpc) is 2.86. The normalized spacial score (nSPS) is 11.8. The molecule has 2 aromatic rings. The first kappa shape index (κ1) is 14.3. The number of aliphatic hydroxyl groups is 1. The molecule has 0 aliphatic heterocycles. The Kier molecular flexibility index (Phi) is 3.89. The number of nitrogens with zero attached hydrogens (tertiary/aromatic N) is 2. The molecular weight excluding hydrogens is 262 g/mol. The molecule has 0 aliphatic rings. The third-order valence-corrected chi connectivity index (χ3v) is 3.47. The molecule has 108 valence electrons. The van der Waals surface area contributed by atoms with Gasteiger partial charge in [-0.2, -0.15) is 4.98 Å². The second-order valence-corrected chi connectivity index (χ2v) is 4.71. The fourth-order valence-corrected chi connectivity index (χ4v) is 1.85. The number of nitrogens with one attached hydrogen (secondary N) is 1. The summed E-state index contributed by atoms with van der Waals surface area (Å²) in [5, 5.41) is 23.8. The molecule has 0 radical (unpaired) electrons. The second kappa shape index (κ2) is 5.46. The molecule has 20 heavy (non-hydrogen) atoms. The van der Waals surface area contributed by atoms with E-state index in [2.05, 4.69) is 10.3 Å². The zero-order valence-corrected chi connectivity index (χ0v) is 11.4. The van der Waals surface area contributed by atoms with Gasteiger partial charge in [0.05, 0.1) is 10.5 Å². The van der Waals surface area contributed by atoms with Crippen LogP contribution in [0.25, 0.3) is 11.1 Å². The maximum absolute atomic E-state index is 10.7. The number of anilines is 1. The maximum Gasteiger partial charge on any atom is 0.295 e. The van der Waals surface area contributed by atoms with E-state index in [1.165, 1.54) is 18.2 Å². The lowest BCUT2D eigenvalue weighted by molar-refractivity contribution is -0.384. The topological polar surface area (TPSA) is 101 Å². The highest BCUT2D eigenvalue weighted by Crippen LogP contribution is 2.24. The molecule has 1 aromatic heterocycles. The van der Waals surface area contributed by atoms with Crippen LogP contribution < -0.4 is 5.32 Å². The molecule has 7 nitrogen and oxygen atoms in total. The number of non-ortho nitro benzene ring substituents is 1. The molecular formula is C13H17N3O4. The first-order valence-electron chi connectivity index (χ1n) is 6.48. The van der Waals surface area contributed by atoms with Crippen molar-refractivity contribution >= 4 is 22.8 Å². The van der Waals surface area contributed by atoms with Gasteiger partial charge in [0.25, 0.3) is 11.7 Å². The van der Waals surface area contributed by atoms with Crippen LogP contribution in [-0.2, 0) is 0 Å². The minimum Gasteiger partial charge on any atom is -0.424 e. The molecule has 0 saturated heterocycles. The minimum absolute atomic E-state index is 0.0315. The Morgan fingerprint density at radius 2 is 2.15 bits per heavy atom. The molecule has 0 bridgehead atoms. The third kappa shape index (κ3) is 2.88. The van der Waals surface area contributed by atoms with Crippen molar-refractivity contribution in [2.24, 2.45) is 0 Å². The van der Waals surface area contributed by atoms with Crippen LogP contribution in [0.2, 0.25) is 0 Å². The lowest BCUT2D eigenvalue weighted by Crippen LogP contribution is -2.35. The van der Waals surface area contributed by atoms with Crippen LogP contribution in [0.1, 0.15) is 26.7 Å². The monoisotopic (exact) mass is 279 g/mol. The maximum atomic E-state index is 10.7. The summed E-state index contributed by atoms with van der Waals surface area (Å²) in [6.07, 6.45) is 1.23. The van der Waals surface area contributed by atoms with E-state index >= 15 is 0 Å². The smallest absolute Gasteiger partial charge is 0.295 e. The molecule has 0 aliphatic carbocycles. The van der Waals surface area contributed by atoms with Gasteiger partial charge >= 0.3 is 0 Å². The van der Waals surface area contributed by atoms with E-state index in [1.807, 2.05) is 13.8 Å². The van der Waals surface area contributed by atoms with Crippen molar-refractivity contribution in [3.63, 3.8) is 0 Å². The van der Waals surface area contributed by atoms with Crippen LogP contribution in [0, 0.1) is 10.1 Å². The van der Waals surface area contributed by atoms with Crippen LogP contribution in [0.3, 0.4) is 0 Å². The van der Waals surface area contributed by atoms with Crippen LogP contribution >= 0.6 is 0 Å². The summed E-state index contributed by atoms with van der Waals surface area (Å²) in [5.41, 5.74) is 0.0379. The Morgan fingerprint density at radius 3 is 2.75 bits per heavy atom. The highest BCUT2D eigenvalue weighted by molar-refractivity contribution is 5.77. The van der Waals surface area contributed by atoms with Gasteiger partial charge in [0.1, 0.15) is 5.52 Å². The predicted octanol–water partition coefficient (Wildman–Crippen LogP) is 2.70. The van der Waals surface area contributed by atoms with Crippen molar-refractivity contribution in [2.75, 3.05) is 11.9 Å². The molecule has 0 fully saturated rings. The number of benzene rings is 1. The van der Waals surface area contributed by atoms with Gasteiger partial charge in [-0.1, -0.05) is 13.8 Å². The molecule has 0 spiro atoms. The van der Waals surface area contributed by atoms with Crippen molar-refractivity contribution in [3.8, 4) is 0 Å². The SMILES string of the molecule is CCC(O)(CC)CNc1nc2cc([N+](=O)[O-])ccc2o1. The van der Waals surface area contributed by atoms with E-state index in [1.54, 1.807) is 0 Å². The fraction of sp³-hybridized carbons (Fsp3) is 0.462. The van der Waals surface area contributed by atoms with Gasteiger partial charge in [-0.15, -0.1) is 0 Å². The number of hydrogen-bond acceptors (Lipinski definition) is 6. The molecule has 7 heteroatoms. The number of fused-ring (bicyclic) bond motifs is 1. The van der Waals surface area contributed by atoms with Gasteiger partial charge < -0.3 is 14.8 Å². The standard InChI is InChI=1S/C13H17N3O4/c1-3-13(17,4-2)8-14-12-15-10-7-9(16(18)19)5-6-11(10)20-12/h5-7,17H,3-4,8H2,1-2H3,(H,14,15). The summed E-state index contributed by atoms with van der Waals surface area (Å²) in [4.78, 5) is 14.3. The zero-order valence-electron chi connectivity index (χ0n) is 11.4. The summed E-state index contributed by atoms with van der Waals surface area (Å²) >= 11 is 0. The molecule has 0 saturated carbocycles. The molecule has 0 amide bonds. The Bertz CT molecular complexity index is 619. The highest BCUT2D eigenvalue weighted by Gasteiger charge is 2.22. The van der Waals surface area contributed by atoms with E-state index in [4.69, 9.17) is 4.42 Å². The quantitative estimate of drug-likeness (QED) is 0.622. The van der Waals surface area contributed by atoms with Crippen LogP contribution in [0.5, 0.6) is 0 Å². The number of hydrogen-bond donors (Lipinski definition) is 2. The highest BCUT2D eigenvalue weighted by atomic mass is 16.6. The summed E-state index contributed by atoms with van der Waals surface area (Å²) in [6.45, 7) is 4.12. The largest absolute Gasteiger partial charge is 0.424 e. The van der Waals surface area contributed by atoms with Crippen molar-refractivity contribution in [2.45, 2.75) is 32.3 Å². The van der Waals surface area contributed by atoms with Gasteiger partial charge in [0.15, 0.2) is 5.58 Å². The van der Waals surface area contributed by atoms with Crippen LogP contribution in [-0.4, -0.2) is 27.2 Å². The average molecular weight is 279 g/mol. The molecule has 2 N–H and O–H groups in total. The Balaban J connectivity index is 2.18. The summed E-state index contributed by atoms with van der Waals surface area (Å²) < 4.78 is 5.43. The van der Waals surface area contributed by atoms with Gasteiger partial charge in [-0.3, -0.25) is 10.1 Å². The van der Waals surface area contributed by atoms with E-state index < -0.39 is 10.5 Å². The van der Waals surface area contributed by atoms with Crippen molar-refractivity contribution in [1.82, 2.24) is 4.98 Å². The minimum atomic E-state index is -0.813. The number of nitro benzene ring substituents is 1. The van der Waals surface area contributed by atoms with Crippen LogP contribution in [0.15, 0.2) is 22.6 Å². The van der Waals surface area contributed by atoms with Gasteiger partial charge in [-0.25, -0.2) is 0 Å². The molecule has 0 atom stereocenters. The van der Waals surface area contributed by atoms with E-state index in [0.29, 0.717) is 30.5 Å². The van der Waals surface area contributed by atoms with E-state index in [9.17, 15) is 15.2 Å². The number of rotatable bonds is 6. The van der Waals surface area contributed by atoms with Gasteiger partial charge in [0, 0.05) is 18.7 Å². The summed E-state index contributed by atoms with van der Waals surface area (Å²) in [5.74, 6) is 0. The first-order valence-corrected chi connectivity index (χ1v) is 6.48. The van der Waals surface area contributed by atoms with Crippen molar-refractivity contribution in [1.29, 1.82) is 0 Å². The number of oxazole rings is 1. The molecule has 0 unspecified atom stereocenters. The second-order valence-electron chi connectivity index (χ2n) is 4.71. The first-order chi connectivity index (χ1) is 9.47. The lowest BCUT2D eigenvalue weighted by atomic mass is 9.98. The predicted molar refractivity (Wildman–Crippen MR) is 74.7 cm³/mol. The Hall–Kier alpha value is -2.15. The van der Waals surface area contributed by atoms with Gasteiger partial charge in [0.2, 0.25) is 0 Å².